The first-order chi connectivity index (χ1) is 11.4. The maximum Gasteiger partial charge on any atom is 0.326 e. The van der Waals surface area contributed by atoms with Crippen LogP contribution in [0.2, 0.25) is 18.1 Å². The molecule has 0 spiro atoms. The Hall–Kier alpha value is -1.80. The highest BCUT2D eigenvalue weighted by Gasteiger charge is 2.37. The lowest BCUT2D eigenvalue weighted by molar-refractivity contribution is -0.139. The van der Waals surface area contributed by atoms with Crippen LogP contribution in [0.15, 0.2) is 18.2 Å². The highest BCUT2D eigenvalue weighted by molar-refractivity contribution is 6.74. The monoisotopic (exact) mass is 373 g/mol. The second-order valence-corrected chi connectivity index (χ2v) is 12.2. The number of hydrogen-bond acceptors (Lipinski definition) is 3. The van der Waals surface area contributed by atoms with Crippen molar-refractivity contribution in [1.29, 1.82) is 0 Å². The lowest BCUT2D eigenvalue weighted by atomic mass is 10.1. The van der Waals surface area contributed by atoms with Gasteiger partial charge in [0, 0.05) is 13.0 Å². The summed E-state index contributed by atoms with van der Waals surface area (Å²) < 4.78 is 32.7. The molecule has 2 N–H and O–H groups in total. The Morgan fingerprint density at radius 3 is 2.40 bits per heavy atom. The minimum absolute atomic E-state index is 0.0281. The van der Waals surface area contributed by atoms with Gasteiger partial charge in [-0.3, -0.25) is 4.79 Å². The van der Waals surface area contributed by atoms with Crippen LogP contribution in [0, 0.1) is 11.6 Å². The van der Waals surface area contributed by atoms with E-state index in [1.54, 1.807) is 0 Å². The summed E-state index contributed by atoms with van der Waals surface area (Å²) in [6, 6.07) is 1.91. The van der Waals surface area contributed by atoms with E-state index in [1.165, 1.54) is 6.07 Å². The number of carboxylic acid groups (broad SMARTS) is 1. The molecule has 0 saturated heterocycles. The molecule has 140 valence electrons. The smallest absolute Gasteiger partial charge is 0.326 e. The van der Waals surface area contributed by atoms with Gasteiger partial charge in [-0.05, 0) is 30.3 Å². The molecule has 0 aliphatic heterocycles. The lowest BCUT2D eigenvalue weighted by Crippen LogP contribution is -2.45. The molecule has 0 bridgehead atoms. The maximum absolute atomic E-state index is 13.6. The summed E-state index contributed by atoms with van der Waals surface area (Å²) >= 11 is 0. The summed E-state index contributed by atoms with van der Waals surface area (Å²) in [4.78, 5) is 23.4. The van der Waals surface area contributed by atoms with E-state index in [1.807, 2.05) is 13.1 Å². The number of carbonyl (C=O) groups is 2. The van der Waals surface area contributed by atoms with Gasteiger partial charge in [0.2, 0.25) is 0 Å². The molecule has 0 radical (unpaired) electrons. The van der Waals surface area contributed by atoms with Gasteiger partial charge in [-0.25, -0.2) is 13.6 Å². The van der Waals surface area contributed by atoms with Gasteiger partial charge in [0.1, 0.15) is 6.04 Å². The molecule has 0 unspecified atom stereocenters. The molecule has 0 saturated carbocycles. The van der Waals surface area contributed by atoms with Crippen LogP contribution in [0.3, 0.4) is 0 Å². The number of hydrogen-bond donors (Lipinski definition) is 2. The first kappa shape index (κ1) is 21.2. The number of carboxylic acids is 1. The molecular formula is C17H25F2NO4Si. The van der Waals surface area contributed by atoms with Crippen LogP contribution >= 0.6 is 0 Å². The lowest BCUT2D eigenvalue weighted by Gasteiger charge is -2.36. The van der Waals surface area contributed by atoms with Crippen LogP contribution < -0.4 is 5.32 Å². The molecule has 8 heteroatoms. The Kier molecular flexibility index (Phi) is 6.84. The third-order valence-corrected chi connectivity index (χ3v) is 9.01. The molecule has 25 heavy (non-hydrogen) atoms. The summed E-state index contributed by atoms with van der Waals surface area (Å²) in [5, 5.41) is 11.4. The Labute approximate surface area is 147 Å². The average molecular weight is 373 g/mol. The molecule has 0 aromatic heterocycles. The van der Waals surface area contributed by atoms with Crippen molar-refractivity contribution >= 4 is 20.2 Å². The number of halogens is 2. The number of amides is 1. The van der Waals surface area contributed by atoms with Crippen molar-refractivity contribution in [3.05, 3.63) is 35.4 Å². The summed E-state index contributed by atoms with van der Waals surface area (Å²) in [7, 11) is -2.04. The van der Waals surface area contributed by atoms with Gasteiger partial charge in [0.05, 0.1) is 5.56 Å². The predicted molar refractivity (Wildman–Crippen MR) is 93.0 cm³/mol. The van der Waals surface area contributed by atoms with Crippen LogP contribution in [0.4, 0.5) is 8.78 Å². The highest BCUT2D eigenvalue weighted by atomic mass is 28.4. The van der Waals surface area contributed by atoms with Crippen molar-refractivity contribution < 1.29 is 27.9 Å². The van der Waals surface area contributed by atoms with Crippen LogP contribution in [0.5, 0.6) is 0 Å². The van der Waals surface area contributed by atoms with E-state index in [0.29, 0.717) is 0 Å². The van der Waals surface area contributed by atoms with Crippen LogP contribution in [0.1, 0.15) is 37.6 Å². The van der Waals surface area contributed by atoms with Gasteiger partial charge >= 0.3 is 5.97 Å². The van der Waals surface area contributed by atoms with E-state index in [0.717, 1.165) is 12.1 Å². The Morgan fingerprint density at radius 2 is 1.88 bits per heavy atom. The SMILES string of the molecule is CC(C)(C)[Si](C)(C)OCC[C@@H](NC(=O)c1cccc(F)c1F)C(=O)O. The third-order valence-electron chi connectivity index (χ3n) is 4.48. The topological polar surface area (TPSA) is 75.6 Å². The first-order valence-electron chi connectivity index (χ1n) is 7.98. The second kappa shape index (κ2) is 8.05. The zero-order chi connectivity index (χ0) is 19.4. The van der Waals surface area contributed by atoms with E-state index >= 15 is 0 Å². The standard InChI is InChI=1S/C17H25F2NO4Si/c1-17(2,3)25(4,5)24-10-9-13(16(22)23)20-15(21)11-7-6-8-12(18)14(11)19/h6-8,13H,9-10H2,1-5H3,(H,20,21)(H,22,23)/t13-/m1/s1. The van der Waals surface area contributed by atoms with E-state index in [-0.39, 0.29) is 18.1 Å². The van der Waals surface area contributed by atoms with Gasteiger partial charge in [0.15, 0.2) is 20.0 Å². The number of carbonyl (C=O) groups excluding carboxylic acids is 1. The summed E-state index contributed by atoms with van der Waals surface area (Å²) in [6.45, 7) is 10.4. The fraction of sp³-hybridized carbons (Fsp3) is 0.529. The van der Waals surface area contributed by atoms with Crippen LogP contribution in [-0.2, 0) is 9.22 Å². The zero-order valence-electron chi connectivity index (χ0n) is 15.2. The van der Waals surface area contributed by atoms with Crippen molar-refractivity contribution in [2.45, 2.75) is 51.4 Å². The van der Waals surface area contributed by atoms with E-state index in [4.69, 9.17) is 4.43 Å². The van der Waals surface area contributed by atoms with Crippen molar-refractivity contribution in [2.75, 3.05) is 6.61 Å². The van der Waals surface area contributed by atoms with Crippen LogP contribution in [0.25, 0.3) is 0 Å². The molecular weight excluding hydrogens is 348 g/mol. The molecule has 0 fully saturated rings. The molecule has 5 nitrogen and oxygen atoms in total. The van der Waals surface area contributed by atoms with Crippen LogP contribution in [-0.4, -0.2) is 37.9 Å². The molecule has 1 atom stereocenters. The van der Waals surface area contributed by atoms with Crippen molar-refractivity contribution in [3.63, 3.8) is 0 Å². The third kappa shape index (κ3) is 5.60. The number of nitrogens with one attached hydrogen (secondary N) is 1. The fourth-order valence-corrected chi connectivity index (χ4v) is 2.88. The molecule has 0 aliphatic carbocycles. The van der Waals surface area contributed by atoms with Crippen molar-refractivity contribution in [1.82, 2.24) is 5.32 Å². The highest BCUT2D eigenvalue weighted by Crippen LogP contribution is 2.36. The first-order valence-corrected chi connectivity index (χ1v) is 10.9. The predicted octanol–water partition coefficient (Wildman–Crippen LogP) is 3.56. The number of benzene rings is 1. The minimum Gasteiger partial charge on any atom is -0.480 e. The molecule has 1 amide bonds. The molecule has 1 aromatic carbocycles. The Morgan fingerprint density at radius 1 is 1.28 bits per heavy atom. The van der Waals surface area contributed by atoms with E-state index < -0.39 is 43.4 Å². The molecule has 0 heterocycles. The fourth-order valence-electron chi connectivity index (χ4n) is 1.82. The quantitative estimate of drug-likeness (QED) is 0.717. The number of aliphatic carboxylic acids is 1. The van der Waals surface area contributed by atoms with Gasteiger partial charge < -0.3 is 14.8 Å². The van der Waals surface area contributed by atoms with Gasteiger partial charge in [0.25, 0.3) is 5.91 Å². The van der Waals surface area contributed by atoms with Gasteiger partial charge in [-0.2, -0.15) is 0 Å². The molecule has 1 aromatic rings. The van der Waals surface area contributed by atoms with Crippen molar-refractivity contribution in [3.8, 4) is 0 Å². The van der Waals surface area contributed by atoms with Crippen molar-refractivity contribution in [2.24, 2.45) is 0 Å². The molecule has 1 rings (SSSR count). The Bertz CT molecular complexity index is 644. The summed E-state index contributed by atoms with van der Waals surface area (Å²) in [5.74, 6) is -4.71. The largest absolute Gasteiger partial charge is 0.480 e. The second-order valence-electron chi connectivity index (χ2n) is 7.36. The average Bonchev–Trinajstić information content (AvgIpc) is 2.47. The van der Waals surface area contributed by atoms with Gasteiger partial charge in [-0.1, -0.05) is 26.8 Å². The van der Waals surface area contributed by atoms with Gasteiger partial charge in [-0.15, -0.1) is 0 Å². The van der Waals surface area contributed by atoms with E-state index in [2.05, 4.69) is 26.1 Å². The minimum atomic E-state index is -2.04. The Balaban J connectivity index is 2.74. The number of rotatable bonds is 7. The summed E-state index contributed by atoms with van der Waals surface area (Å²) in [5.41, 5.74) is -0.531. The molecule has 0 aliphatic rings. The summed E-state index contributed by atoms with van der Waals surface area (Å²) in [6.07, 6.45) is 0.0323. The maximum atomic E-state index is 13.6. The zero-order valence-corrected chi connectivity index (χ0v) is 16.2. The van der Waals surface area contributed by atoms with E-state index in [9.17, 15) is 23.5 Å². The normalized spacial score (nSPS) is 13.4.